The van der Waals surface area contributed by atoms with Crippen LogP contribution in [0.3, 0.4) is 0 Å². The maximum atomic E-state index is 12.4. The first-order valence-corrected chi connectivity index (χ1v) is 6.29. The van der Waals surface area contributed by atoms with Crippen molar-refractivity contribution in [3.63, 3.8) is 0 Å². The highest BCUT2D eigenvalue weighted by Gasteiger charge is 2.15. The number of hydrogen-bond donors (Lipinski definition) is 0. The fourth-order valence-corrected chi connectivity index (χ4v) is 1.99. The van der Waals surface area contributed by atoms with Gasteiger partial charge in [-0.1, -0.05) is 0 Å². The van der Waals surface area contributed by atoms with E-state index in [9.17, 15) is 29.8 Å². The molecule has 0 aliphatic carbocycles. The van der Waals surface area contributed by atoms with Crippen LogP contribution in [0.15, 0.2) is 46.2 Å². The Morgan fingerprint density at radius 1 is 0.958 bits per heavy atom. The van der Waals surface area contributed by atoms with E-state index in [4.69, 9.17) is 0 Å². The molecule has 0 bridgehead atoms. The molecule has 3 heterocycles. The summed E-state index contributed by atoms with van der Waals surface area (Å²) in [6.45, 7) is 0. The highest BCUT2D eigenvalue weighted by molar-refractivity contribution is 5.43. The van der Waals surface area contributed by atoms with Crippen LogP contribution in [0.2, 0.25) is 0 Å². The molecule has 24 heavy (non-hydrogen) atoms. The van der Waals surface area contributed by atoms with Crippen molar-refractivity contribution in [3.05, 3.63) is 77.9 Å². The van der Waals surface area contributed by atoms with Crippen molar-refractivity contribution in [1.29, 1.82) is 0 Å². The van der Waals surface area contributed by atoms with Gasteiger partial charge in [0, 0.05) is 12.1 Å². The lowest BCUT2D eigenvalue weighted by molar-refractivity contribution is -0.385. The standard InChI is InChI=1S/C12H6N6O6/c19-11-14-10-4-2-8(18(23)24)6-15(10)12(20)16(11)9-3-1-7(5-13-9)17(21)22/h1-6H. The van der Waals surface area contributed by atoms with Crippen LogP contribution < -0.4 is 11.4 Å². The Bertz CT molecular complexity index is 1100. The normalized spacial score (nSPS) is 10.7. The van der Waals surface area contributed by atoms with Gasteiger partial charge >= 0.3 is 11.4 Å². The average Bonchev–Trinajstić information content (AvgIpc) is 2.55. The van der Waals surface area contributed by atoms with Crippen LogP contribution in [-0.4, -0.2) is 28.8 Å². The van der Waals surface area contributed by atoms with E-state index in [2.05, 4.69) is 9.97 Å². The number of fused-ring (bicyclic) bond motifs is 1. The molecule has 0 fully saturated rings. The third-order valence-corrected chi connectivity index (χ3v) is 3.09. The first kappa shape index (κ1) is 15.0. The summed E-state index contributed by atoms with van der Waals surface area (Å²) in [5.41, 5.74) is -2.66. The maximum absolute atomic E-state index is 12.4. The molecule has 0 aliphatic rings. The first-order valence-electron chi connectivity index (χ1n) is 6.29. The monoisotopic (exact) mass is 330 g/mol. The molecule has 0 saturated carbocycles. The maximum Gasteiger partial charge on any atom is 0.359 e. The second kappa shape index (κ2) is 5.35. The molecule has 0 radical (unpaired) electrons. The zero-order valence-corrected chi connectivity index (χ0v) is 11.6. The Kier molecular flexibility index (Phi) is 3.33. The highest BCUT2D eigenvalue weighted by atomic mass is 16.6. The third kappa shape index (κ3) is 2.37. The zero-order chi connectivity index (χ0) is 17.4. The Labute approximate surface area is 130 Å². The number of pyridine rings is 2. The summed E-state index contributed by atoms with van der Waals surface area (Å²) >= 11 is 0. The third-order valence-electron chi connectivity index (χ3n) is 3.09. The van der Waals surface area contributed by atoms with Crippen molar-refractivity contribution in [3.8, 4) is 5.82 Å². The molecule has 0 amide bonds. The van der Waals surface area contributed by atoms with Crippen LogP contribution in [-0.2, 0) is 0 Å². The van der Waals surface area contributed by atoms with Gasteiger partial charge in [0.25, 0.3) is 11.4 Å². The van der Waals surface area contributed by atoms with E-state index < -0.39 is 21.2 Å². The van der Waals surface area contributed by atoms with Gasteiger partial charge in [-0.15, -0.1) is 0 Å². The van der Waals surface area contributed by atoms with Crippen LogP contribution >= 0.6 is 0 Å². The summed E-state index contributed by atoms with van der Waals surface area (Å²) in [5, 5.41) is 21.4. The number of rotatable bonds is 3. The molecule has 0 spiro atoms. The fraction of sp³-hybridized carbons (Fsp3) is 0. The molecule has 3 aromatic rings. The van der Waals surface area contributed by atoms with Crippen LogP contribution in [0.4, 0.5) is 11.4 Å². The molecule has 0 aromatic carbocycles. The van der Waals surface area contributed by atoms with Crippen molar-refractivity contribution in [1.82, 2.24) is 18.9 Å². The Morgan fingerprint density at radius 2 is 1.62 bits per heavy atom. The largest absolute Gasteiger partial charge is 0.359 e. The van der Waals surface area contributed by atoms with Gasteiger partial charge in [0.1, 0.15) is 17.7 Å². The number of hydrogen-bond acceptors (Lipinski definition) is 8. The molecule has 3 rings (SSSR count). The Balaban J connectivity index is 2.27. The number of nitrogens with zero attached hydrogens (tertiary/aromatic N) is 6. The van der Waals surface area contributed by atoms with Crippen LogP contribution in [0.25, 0.3) is 11.5 Å². The van der Waals surface area contributed by atoms with Crippen LogP contribution in [0.1, 0.15) is 0 Å². The second-order valence-electron chi connectivity index (χ2n) is 4.52. The molecule has 0 unspecified atom stereocenters. The van der Waals surface area contributed by atoms with Crippen molar-refractivity contribution in [2.45, 2.75) is 0 Å². The predicted molar refractivity (Wildman–Crippen MR) is 78.2 cm³/mol. The van der Waals surface area contributed by atoms with Gasteiger partial charge in [0.05, 0.1) is 16.0 Å². The molecule has 0 atom stereocenters. The quantitative estimate of drug-likeness (QED) is 0.482. The molecular formula is C12H6N6O6. The van der Waals surface area contributed by atoms with Gasteiger partial charge in [0.2, 0.25) is 0 Å². The summed E-state index contributed by atoms with van der Waals surface area (Å²) in [7, 11) is 0. The zero-order valence-electron chi connectivity index (χ0n) is 11.6. The van der Waals surface area contributed by atoms with Crippen molar-refractivity contribution in [2.24, 2.45) is 0 Å². The fourth-order valence-electron chi connectivity index (χ4n) is 1.99. The SMILES string of the molecule is O=c1nc2ccc([N+](=O)[O-])cn2c(=O)n1-c1ccc([N+](=O)[O-])cn1. The minimum atomic E-state index is -0.963. The highest BCUT2D eigenvalue weighted by Crippen LogP contribution is 2.11. The van der Waals surface area contributed by atoms with E-state index in [-0.39, 0.29) is 22.8 Å². The number of nitro groups is 2. The second-order valence-corrected chi connectivity index (χ2v) is 4.52. The molecule has 120 valence electrons. The lowest BCUT2D eigenvalue weighted by Crippen LogP contribution is -2.38. The van der Waals surface area contributed by atoms with Gasteiger partial charge in [-0.05, 0) is 12.1 Å². The van der Waals surface area contributed by atoms with Crippen molar-refractivity contribution in [2.75, 3.05) is 0 Å². The summed E-state index contributed by atoms with van der Waals surface area (Å²) < 4.78 is 1.38. The molecular weight excluding hydrogens is 324 g/mol. The van der Waals surface area contributed by atoms with Gasteiger partial charge in [-0.2, -0.15) is 9.55 Å². The lowest BCUT2D eigenvalue weighted by atomic mass is 10.4. The molecule has 3 aromatic heterocycles. The van der Waals surface area contributed by atoms with E-state index in [0.717, 1.165) is 41.1 Å². The van der Waals surface area contributed by atoms with E-state index in [1.54, 1.807) is 0 Å². The van der Waals surface area contributed by atoms with E-state index in [1.165, 1.54) is 0 Å². The summed E-state index contributed by atoms with van der Waals surface area (Å²) in [6, 6.07) is 4.44. The Hall–Kier alpha value is -3.96. The molecule has 0 aliphatic heterocycles. The first-order chi connectivity index (χ1) is 11.4. The van der Waals surface area contributed by atoms with E-state index in [0.29, 0.717) is 4.57 Å². The summed E-state index contributed by atoms with van der Waals surface area (Å²) in [6.07, 6.45) is 1.80. The van der Waals surface area contributed by atoms with E-state index in [1.807, 2.05) is 0 Å². The minimum Gasteiger partial charge on any atom is -0.258 e. The molecule has 12 heteroatoms. The van der Waals surface area contributed by atoms with Gasteiger partial charge in [0.15, 0.2) is 0 Å². The summed E-state index contributed by atoms with van der Waals surface area (Å²) in [4.78, 5) is 51.8. The van der Waals surface area contributed by atoms with Crippen LogP contribution in [0, 0.1) is 20.2 Å². The van der Waals surface area contributed by atoms with Gasteiger partial charge < -0.3 is 0 Å². The molecule has 12 nitrogen and oxygen atoms in total. The topological polar surface area (TPSA) is 156 Å². The molecule has 0 N–H and O–H groups in total. The molecule has 0 saturated heterocycles. The number of aromatic nitrogens is 4. The average molecular weight is 330 g/mol. The van der Waals surface area contributed by atoms with Crippen molar-refractivity contribution < 1.29 is 9.85 Å². The van der Waals surface area contributed by atoms with Gasteiger partial charge in [-0.3, -0.25) is 20.2 Å². The Morgan fingerprint density at radius 3 is 2.21 bits per heavy atom. The van der Waals surface area contributed by atoms with Gasteiger partial charge in [-0.25, -0.2) is 19.0 Å². The minimum absolute atomic E-state index is 0.0752. The predicted octanol–water partition coefficient (Wildman–Crippen LogP) is 0.0568. The lowest BCUT2D eigenvalue weighted by Gasteiger charge is -2.05. The smallest absolute Gasteiger partial charge is 0.258 e. The van der Waals surface area contributed by atoms with Crippen molar-refractivity contribution >= 4 is 17.0 Å². The summed E-state index contributed by atoms with van der Waals surface area (Å²) in [5.74, 6) is -0.191. The van der Waals surface area contributed by atoms with E-state index >= 15 is 0 Å². The van der Waals surface area contributed by atoms with Crippen LogP contribution in [0.5, 0.6) is 0 Å².